The minimum Gasteiger partial charge on any atom is -0.497 e. The number of hydrogen-bond acceptors (Lipinski definition) is 4. The maximum atomic E-state index is 12.9. The molecule has 0 saturated carbocycles. The molecule has 2 amide bonds. The van der Waals surface area contributed by atoms with Crippen molar-refractivity contribution >= 4 is 17.5 Å². The van der Waals surface area contributed by atoms with Crippen molar-refractivity contribution < 1.29 is 19.1 Å². The van der Waals surface area contributed by atoms with Gasteiger partial charge in [0.1, 0.15) is 23.6 Å². The first-order chi connectivity index (χ1) is 12.2. The second-order valence-electron chi connectivity index (χ2n) is 6.16. The molecule has 0 radical (unpaired) electrons. The maximum absolute atomic E-state index is 12.9. The van der Waals surface area contributed by atoms with Gasteiger partial charge in [0.15, 0.2) is 0 Å². The maximum Gasteiger partial charge on any atom is 0.254 e. The largest absolute Gasteiger partial charge is 0.497 e. The fraction of sp³-hybridized carbons (Fsp3) is 0.263. The zero-order chi connectivity index (χ0) is 17.4. The number of nitrogens with zero attached hydrogens (tertiary/aromatic N) is 1. The van der Waals surface area contributed by atoms with Gasteiger partial charge in [-0.1, -0.05) is 12.1 Å². The number of anilines is 1. The molecule has 2 atom stereocenters. The predicted octanol–water partition coefficient (Wildman–Crippen LogP) is 2.31. The molecule has 0 spiro atoms. The molecule has 6 nitrogen and oxygen atoms in total. The Morgan fingerprint density at radius 1 is 1.20 bits per heavy atom. The van der Waals surface area contributed by atoms with Gasteiger partial charge in [0.2, 0.25) is 5.91 Å². The van der Waals surface area contributed by atoms with Crippen molar-refractivity contribution in [3.8, 4) is 11.5 Å². The lowest BCUT2D eigenvalue weighted by Crippen LogP contribution is -2.43. The molecule has 128 valence electrons. The van der Waals surface area contributed by atoms with Gasteiger partial charge in [-0.3, -0.25) is 9.59 Å². The number of carbonyl (C=O) groups excluding carboxylic acids is 2. The third kappa shape index (κ3) is 2.80. The monoisotopic (exact) mass is 338 g/mol. The van der Waals surface area contributed by atoms with E-state index < -0.39 is 6.04 Å². The molecule has 1 N–H and O–H groups in total. The number of nitrogens with one attached hydrogen (secondary N) is 1. The van der Waals surface area contributed by atoms with Crippen LogP contribution in [0.5, 0.6) is 11.5 Å². The van der Waals surface area contributed by atoms with Crippen LogP contribution in [0.1, 0.15) is 16.8 Å². The lowest BCUT2D eigenvalue weighted by Gasteiger charge is -2.23. The Bertz CT molecular complexity index is 818. The summed E-state index contributed by atoms with van der Waals surface area (Å²) in [6, 6.07) is 13.7. The summed E-state index contributed by atoms with van der Waals surface area (Å²) in [4.78, 5) is 27.1. The molecule has 2 heterocycles. The molecule has 4 rings (SSSR count). The molecule has 1 saturated heterocycles. The van der Waals surface area contributed by atoms with Crippen molar-refractivity contribution in [3.05, 3.63) is 54.1 Å². The van der Waals surface area contributed by atoms with Crippen LogP contribution in [-0.2, 0) is 4.79 Å². The number of fused-ring (bicyclic) bond motifs is 3. The van der Waals surface area contributed by atoms with Gasteiger partial charge < -0.3 is 19.7 Å². The molecule has 2 aromatic rings. The van der Waals surface area contributed by atoms with Crippen LogP contribution >= 0.6 is 0 Å². The molecule has 0 aliphatic carbocycles. The van der Waals surface area contributed by atoms with Gasteiger partial charge in [0.25, 0.3) is 5.91 Å². The zero-order valence-electron chi connectivity index (χ0n) is 13.8. The van der Waals surface area contributed by atoms with Crippen LogP contribution in [0.4, 0.5) is 5.69 Å². The second kappa shape index (κ2) is 6.12. The Morgan fingerprint density at radius 2 is 1.96 bits per heavy atom. The quantitative estimate of drug-likeness (QED) is 0.912. The molecule has 0 aromatic heterocycles. The number of likely N-dealkylation sites (tertiary alicyclic amines) is 1. The fourth-order valence-corrected chi connectivity index (χ4v) is 3.32. The number of hydrogen-bond donors (Lipinski definition) is 1. The SMILES string of the molecule is COc1ccc(C(=O)N2CC3CC2C(=O)Nc2ccccc2O3)cc1. The third-order valence-electron chi connectivity index (χ3n) is 4.60. The summed E-state index contributed by atoms with van der Waals surface area (Å²) in [5.41, 5.74) is 1.16. The van der Waals surface area contributed by atoms with Crippen LogP contribution in [0, 0.1) is 0 Å². The van der Waals surface area contributed by atoms with Crippen LogP contribution in [0.3, 0.4) is 0 Å². The molecule has 6 heteroatoms. The van der Waals surface area contributed by atoms with Gasteiger partial charge in [0.05, 0.1) is 19.3 Å². The summed E-state index contributed by atoms with van der Waals surface area (Å²) >= 11 is 0. The second-order valence-corrected chi connectivity index (χ2v) is 6.16. The van der Waals surface area contributed by atoms with Crippen molar-refractivity contribution in [2.45, 2.75) is 18.6 Å². The first-order valence-electron chi connectivity index (χ1n) is 8.17. The normalized spacial score (nSPS) is 21.5. The molecule has 2 unspecified atom stereocenters. The van der Waals surface area contributed by atoms with E-state index in [-0.39, 0.29) is 17.9 Å². The van der Waals surface area contributed by atoms with E-state index in [1.165, 1.54) is 0 Å². The topological polar surface area (TPSA) is 67.9 Å². The minimum absolute atomic E-state index is 0.180. The number of benzene rings is 2. The average molecular weight is 338 g/mol. The molecular weight excluding hydrogens is 320 g/mol. The summed E-state index contributed by atoms with van der Waals surface area (Å²) in [7, 11) is 1.58. The van der Waals surface area contributed by atoms with E-state index in [0.717, 1.165) is 0 Å². The van der Waals surface area contributed by atoms with Crippen molar-refractivity contribution in [3.63, 3.8) is 0 Å². The van der Waals surface area contributed by atoms with E-state index in [2.05, 4.69) is 5.32 Å². The summed E-state index contributed by atoms with van der Waals surface area (Å²) in [6.45, 7) is 0.386. The van der Waals surface area contributed by atoms with E-state index in [9.17, 15) is 9.59 Å². The average Bonchev–Trinajstić information content (AvgIpc) is 3.07. The summed E-state index contributed by atoms with van der Waals surface area (Å²) in [6.07, 6.45) is 0.293. The number of ether oxygens (including phenoxy) is 2. The van der Waals surface area contributed by atoms with Crippen LogP contribution in [0.15, 0.2) is 48.5 Å². The highest BCUT2D eigenvalue weighted by molar-refractivity contribution is 6.02. The highest BCUT2D eigenvalue weighted by Crippen LogP contribution is 2.33. The Morgan fingerprint density at radius 3 is 2.72 bits per heavy atom. The van der Waals surface area contributed by atoms with Gasteiger partial charge in [-0.25, -0.2) is 0 Å². The Hall–Kier alpha value is -3.02. The van der Waals surface area contributed by atoms with E-state index in [4.69, 9.17) is 9.47 Å². The first-order valence-corrected chi connectivity index (χ1v) is 8.17. The number of para-hydroxylation sites is 2. The van der Waals surface area contributed by atoms with E-state index >= 15 is 0 Å². The number of amides is 2. The molecule has 2 aliphatic rings. The van der Waals surface area contributed by atoms with E-state index in [1.54, 1.807) is 42.3 Å². The molecule has 2 aromatic carbocycles. The van der Waals surface area contributed by atoms with Crippen molar-refractivity contribution in [1.29, 1.82) is 0 Å². The van der Waals surface area contributed by atoms with E-state index in [1.807, 2.05) is 18.2 Å². The lowest BCUT2D eigenvalue weighted by molar-refractivity contribution is -0.119. The molecular formula is C19H18N2O4. The Kier molecular flexibility index (Phi) is 3.80. The van der Waals surface area contributed by atoms with Crippen molar-refractivity contribution in [2.75, 3.05) is 19.0 Å². The third-order valence-corrected chi connectivity index (χ3v) is 4.60. The van der Waals surface area contributed by atoms with Crippen LogP contribution in [0.2, 0.25) is 0 Å². The van der Waals surface area contributed by atoms with E-state index in [0.29, 0.717) is 35.7 Å². The first kappa shape index (κ1) is 15.5. The van der Waals surface area contributed by atoms with Gasteiger partial charge >= 0.3 is 0 Å². The predicted molar refractivity (Wildman–Crippen MR) is 91.9 cm³/mol. The van der Waals surface area contributed by atoms with Gasteiger partial charge in [-0.15, -0.1) is 0 Å². The molecule has 2 aliphatic heterocycles. The van der Waals surface area contributed by atoms with Gasteiger partial charge in [-0.2, -0.15) is 0 Å². The summed E-state index contributed by atoms with van der Waals surface area (Å²) in [5.74, 6) is 0.958. The fourth-order valence-electron chi connectivity index (χ4n) is 3.32. The number of carbonyl (C=O) groups is 2. The number of rotatable bonds is 2. The standard InChI is InChI=1S/C19H18N2O4/c1-24-13-8-6-12(7-9-13)19(23)21-11-14-10-16(21)18(22)20-15-4-2-3-5-17(15)25-14/h2-9,14,16H,10-11H2,1H3,(H,20,22). The smallest absolute Gasteiger partial charge is 0.254 e. The zero-order valence-corrected chi connectivity index (χ0v) is 13.8. The van der Waals surface area contributed by atoms with Crippen molar-refractivity contribution in [1.82, 2.24) is 4.90 Å². The Balaban J connectivity index is 1.60. The summed E-state index contributed by atoms with van der Waals surface area (Å²) in [5, 5.41) is 2.87. The highest BCUT2D eigenvalue weighted by Gasteiger charge is 2.42. The molecule has 2 bridgehead atoms. The van der Waals surface area contributed by atoms with Crippen LogP contribution < -0.4 is 14.8 Å². The van der Waals surface area contributed by atoms with Crippen molar-refractivity contribution in [2.24, 2.45) is 0 Å². The number of methoxy groups -OCH3 is 1. The summed E-state index contributed by atoms with van der Waals surface area (Å²) < 4.78 is 11.1. The Labute approximate surface area is 145 Å². The molecule has 1 fully saturated rings. The minimum atomic E-state index is -0.534. The van der Waals surface area contributed by atoms with Gasteiger partial charge in [-0.05, 0) is 36.4 Å². The van der Waals surface area contributed by atoms with Crippen LogP contribution in [-0.4, -0.2) is 42.5 Å². The lowest BCUT2D eigenvalue weighted by atomic mass is 10.1. The highest BCUT2D eigenvalue weighted by atomic mass is 16.5. The van der Waals surface area contributed by atoms with Crippen LogP contribution in [0.25, 0.3) is 0 Å². The molecule has 25 heavy (non-hydrogen) atoms. The van der Waals surface area contributed by atoms with Gasteiger partial charge in [0, 0.05) is 12.0 Å².